The van der Waals surface area contributed by atoms with Gasteiger partial charge in [-0.2, -0.15) is 0 Å². The first-order valence-electron chi connectivity index (χ1n) is 10.6. The van der Waals surface area contributed by atoms with E-state index in [1.165, 1.54) is 52.1 Å². The van der Waals surface area contributed by atoms with Crippen molar-refractivity contribution in [1.82, 2.24) is 24.5 Å². The van der Waals surface area contributed by atoms with Crippen LogP contribution in [-0.2, 0) is 14.6 Å². The first-order valence-corrected chi connectivity index (χ1v) is 13.3. The van der Waals surface area contributed by atoms with E-state index in [4.69, 9.17) is 23.2 Å². The van der Waals surface area contributed by atoms with Gasteiger partial charge >= 0.3 is 0 Å². The molecule has 0 aliphatic rings. The van der Waals surface area contributed by atoms with E-state index in [0.29, 0.717) is 34.1 Å². The Labute approximate surface area is 216 Å². The number of carbonyl (C=O) groups is 1. The standard InChI is InChI=1S/C23H20Cl2N6O4S/c1-3-19(23(33)27-15-5-7-16(8-6-15)36(2,34)35)30-13-26-18(11-22(30)32)17-10-14(24)4-9-20(17)31-12-21(25)28-29-31/h4-13,19H,3H2,1-2H3,(H,27,33). The van der Waals surface area contributed by atoms with Crippen LogP contribution in [0.15, 0.2) is 70.7 Å². The molecule has 2 heterocycles. The second kappa shape index (κ2) is 10.2. The van der Waals surface area contributed by atoms with Crippen molar-refractivity contribution in [3.63, 3.8) is 0 Å². The second-order valence-corrected chi connectivity index (χ2v) is 10.7. The molecule has 1 N–H and O–H groups in total. The fraction of sp³-hybridized carbons (Fsp3) is 0.174. The number of nitrogens with zero attached hydrogens (tertiary/aromatic N) is 5. The summed E-state index contributed by atoms with van der Waals surface area (Å²) in [5.41, 5.74) is 1.37. The van der Waals surface area contributed by atoms with Gasteiger partial charge in [-0.1, -0.05) is 35.3 Å². The smallest absolute Gasteiger partial charge is 0.254 e. The Morgan fingerprint density at radius 3 is 2.42 bits per heavy atom. The van der Waals surface area contributed by atoms with E-state index in [0.717, 1.165) is 6.26 Å². The van der Waals surface area contributed by atoms with Gasteiger partial charge in [0.2, 0.25) is 5.91 Å². The zero-order chi connectivity index (χ0) is 26.0. The largest absolute Gasteiger partial charge is 0.324 e. The number of hydrogen-bond donors (Lipinski definition) is 1. The molecule has 13 heteroatoms. The van der Waals surface area contributed by atoms with Gasteiger partial charge in [0.1, 0.15) is 6.04 Å². The Morgan fingerprint density at radius 1 is 1.11 bits per heavy atom. The van der Waals surface area contributed by atoms with E-state index >= 15 is 0 Å². The van der Waals surface area contributed by atoms with Gasteiger partial charge < -0.3 is 5.32 Å². The number of halogens is 2. The summed E-state index contributed by atoms with van der Waals surface area (Å²) in [6.45, 7) is 1.76. The van der Waals surface area contributed by atoms with E-state index < -0.39 is 27.3 Å². The molecule has 2 aromatic heterocycles. The van der Waals surface area contributed by atoms with Gasteiger partial charge in [0.15, 0.2) is 15.0 Å². The van der Waals surface area contributed by atoms with Gasteiger partial charge in [-0.15, -0.1) is 5.10 Å². The van der Waals surface area contributed by atoms with Crippen LogP contribution >= 0.6 is 23.2 Å². The first kappa shape index (κ1) is 25.5. The van der Waals surface area contributed by atoms with Crippen LogP contribution in [0, 0.1) is 0 Å². The highest BCUT2D eigenvalue weighted by atomic mass is 35.5. The fourth-order valence-electron chi connectivity index (χ4n) is 3.59. The predicted molar refractivity (Wildman–Crippen MR) is 136 cm³/mol. The Bertz CT molecular complexity index is 1600. The summed E-state index contributed by atoms with van der Waals surface area (Å²) in [6.07, 6.45) is 4.23. The van der Waals surface area contributed by atoms with Crippen LogP contribution in [0.3, 0.4) is 0 Å². The van der Waals surface area contributed by atoms with Gasteiger partial charge in [-0.25, -0.2) is 18.1 Å². The highest BCUT2D eigenvalue weighted by Crippen LogP contribution is 2.28. The Hall–Kier alpha value is -3.54. The number of rotatable bonds is 7. The molecule has 0 bridgehead atoms. The number of hydrogen-bond acceptors (Lipinski definition) is 7. The third-order valence-corrected chi connectivity index (χ3v) is 6.89. The molecule has 10 nitrogen and oxygen atoms in total. The summed E-state index contributed by atoms with van der Waals surface area (Å²) < 4.78 is 26.0. The lowest BCUT2D eigenvalue weighted by Crippen LogP contribution is -2.33. The number of aromatic nitrogens is 5. The average molecular weight is 547 g/mol. The van der Waals surface area contributed by atoms with E-state index in [1.807, 2.05) is 0 Å². The number of anilines is 1. The topological polar surface area (TPSA) is 129 Å². The van der Waals surface area contributed by atoms with E-state index in [2.05, 4.69) is 20.6 Å². The molecule has 4 rings (SSSR count). The van der Waals surface area contributed by atoms with Crippen molar-refractivity contribution in [3.8, 4) is 16.9 Å². The molecule has 1 atom stereocenters. The molecule has 0 radical (unpaired) electrons. The van der Waals surface area contributed by atoms with Crippen molar-refractivity contribution in [2.75, 3.05) is 11.6 Å². The Morgan fingerprint density at radius 2 is 1.83 bits per heavy atom. The average Bonchev–Trinajstić information content (AvgIpc) is 3.26. The predicted octanol–water partition coefficient (Wildman–Crippen LogP) is 3.79. The van der Waals surface area contributed by atoms with Gasteiger partial charge in [0, 0.05) is 28.6 Å². The Balaban J connectivity index is 1.63. The lowest BCUT2D eigenvalue weighted by Gasteiger charge is -2.18. The SMILES string of the molecule is CCC(C(=O)Nc1ccc(S(C)(=O)=O)cc1)n1cnc(-c2cc(Cl)ccc2-n2cc(Cl)nn2)cc1=O. The third kappa shape index (κ3) is 5.48. The van der Waals surface area contributed by atoms with E-state index in [-0.39, 0.29) is 10.0 Å². The molecular weight excluding hydrogens is 527 g/mol. The number of sulfone groups is 1. The summed E-state index contributed by atoms with van der Waals surface area (Å²) in [5.74, 6) is -0.443. The van der Waals surface area contributed by atoms with Crippen LogP contribution in [0.25, 0.3) is 16.9 Å². The maximum atomic E-state index is 13.0. The molecule has 1 unspecified atom stereocenters. The lowest BCUT2D eigenvalue weighted by atomic mass is 10.1. The zero-order valence-electron chi connectivity index (χ0n) is 19.1. The summed E-state index contributed by atoms with van der Waals surface area (Å²) in [4.78, 5) is 30.5. The van der Waals surface area contributed by atoms with Crippen molar-refractivity contribution in [2.45, 2.75) is 24.3 Å². The third-order valence-electron chi connectivity index (χ3n) is 5.36. The van der Waals surface area contributed by atoms with Crippen molar-refractivity contribution in [3.05, 3.63) is 81.6 Å². The normalized spacial score (nSPS) is 12.3. The maximum absolute atomic E-state index is 13.0. The Kier molecular flexibility index (Phi) is 7.25. The van der Waals surface area contributed by atoms with Crippen LogP contribution in [-0.4, -0.2) is 45.1 Å². The van der Waals surface area contributed by atoms with Crippen LogP contribution in [0.1, 0.15) is 19.4 Å². The number of nitrogens with one attached hydrogen (secondary N) is 1. The molecule has 0 aliphatic heterocycles. The molecule has 0 saturated heterocycles. The summed E-state index contributed by atoms with van der Waals surface area (Å²) in [7, 11) is -3.36. The first-order chi connectivity index (χ1) is 17.1. The zero-order valence-corrected chi connectivity index (χ0v) is 21.4. The molecule has 2 aromatic carbocycles. The monoisotopic (exact) mass is 546 g/mol. The number of benzene rings is 2. The van der Waals surface area contributed by atoms with Gasteiger partial charge in [0.05, 0.1) is 28.8 Å². The lowest BCUT2D eigenvalue weighted by molar-refractivity contribution is -0.119. The molecule has 0 spiro atoms. The highest BCUT2D eigenvalue weighted by molar-refractivity contribution is 7.90. The molecule has 0 saturated carbocycles. The molecule has 0 aliphatic carbocycles. The minimum atomic E-state index is -3.36. The minimum Gasteiger partial charge on any atom is -0.324 e. The number of amides is 1. The van der Waals surface area contributed by atoms with Crippen molar-refractivity contribution < 1.29 is 13.2 Å². The molecule has 1 amide bonds. The van der Waals surface area contributed by atoms with E-state index in [9.17, 15) is 18.0 Å². The molecule has 186 valence electrons. The van der Waals surface area contributed by atoms with Crippen molar-refractivity contribution in [2.24, 2.45) is 0 Å². The highest BCUT2D eigenvalue weighted by Gasteiger charge is 2.21. The fourth-order valence-corrected chi connectivity index (χ4v) is 4.51. The van der Waals surface area contributed by atoms with E-state index in [1.54, 1.807) is 25.1 Å². The van der Waals surface area contributed by atoms with Crippen LogP contribution in [0.4, 0.5) is 5.69 Å². The quantitative estimate of drug-likeness (QED) is 0.373. The van der Waals surface area contributed by atoms with Crippen molar-refractivity contribution in [1.29, 1.82) is 0 Å². The summed E-state index contributed by atoms with van der Waals surface area (Å²) in [5, 5.41) is 11.1. The van der Waals surface area contributed by atoms with Crippen LogP contribution in [0.2, 0.25) is 10.2 Å². The maximum Gasteiger partial charge on any atom is 0.254 e. The van der Waals surface area contributed by atoms with Crippen LogP contribution < -0.4 is 10.9 Å². The van der Waals surface area contributed by atoms with Crippen molar-refractivity contribution >= 4 is 44.6 Å². The molecule has 0 fully saturated rings. The second-order valence-electron chi connectivity index (χ2n) is 7.88. The molecular formula is C23H20Cl2N6O4S. The summed E-state index contributed by atoms with van der Waals surface area (Å²) >= 11 is 12.1. The summed E-state index contributed by atoms with van der Waals surface area (Å²) in [6, 6.07) is 11.3. The van der Waals surface area contributed by atoms with Crippen LogP contribution in [0.5, 0.6) is 0 Å². The molecule has 36 heavy (non-hydrogen) atoms. The van der Waals surface area contributed by atoms with Gasteiger partial charge in [-0.05, 0) is 48.9 Å². The minimum absolute atomic E-state index is 0.136. The van der Waals surface area contributed by atoms with Gasteiger partial charge in [0.25, 0.3) is 5.56 Å². The van der Waals surface area contributed by atoms with Gasteiger partial charge in [-0.3, -0.25) is 14.2 Å². The number of carbonyl (C=O) groups excluding carboxylic acids is 1. The molecule has 4 aromatic rings.